The van der Waals surface area contributed by atoms with Crippen molar-refractivity contribution in [2.24, 2.45) is 0 Å². The highest BCUT2D eigenvalue weighted by atomic mass is 32.1. The van der Waals surface area contributed by atoms with Crippen LogP contribution in [0.3, 0.4) is 0 Å². The second-order valence-electron chi connectivity index (χ2n) is 10.9. The third-order valence-electron chi connectivity index (χ3n) is 6.16. The Morgan fingerprint density at radius 1 is 1.25 bits per heavy atom. The zero-order valence-electron chi connectivity index (χ0n) is 21.8. The summed E-state index contributed by atoms with van der Waals surface area (Å²) >= 11 is 0.866. The molecule has 2 aromatic rings. The molecule has 2 aromatic heterocycles. The number of alkyl halides is 2. The van der Waals surface area contributed by atoms with Crippen LogP contribution in [0, 0.1) is 0 Å². The van der Waals surface area contributed by atoms with E-state index in [-0.39, 0.29) is 38.6 Å². The van der Waals surface area contributed by atoms with Gasteiger partial charge in [0.2, 0.25) is 0 Å². The normalized spacial score (nSPS) is 17.4. The molecule has 0 saturated carbocycles. The lowest BCUT2D eigenvalue weighted by Crippen LogP contribution is -2.47. The highest BCUT2D eigenvalue weighted by molar-refractivity contribution is 7.17. The van der Waals surface area contributed by atoms with Crippen molar-refractivity contribution in [2.45, 2.75) is 91.0 Å². The highest BCUT2D eigenvalue weighted by Gasteiger charge is 2.34. The average molecular weight is 524 g/mol. The summed E-state index contributed by atoms with van der Waals surface area (Å²) < 4.78 is 28.4. The topological polar surface area (TPSA) is 107 Å². The highest BCUT2D eigenvalue weighted by Crippen LogP contribution is 2.39. The van der Waals surface area contributed by atoms with Crippen LogP contribution in [0.1, 0.15) is 93.6 Å². The van der Waals surface area contributed by atoms with Gasteiger partial charge < -0.3 is 20.6 Å². The summed E-state index contributed by atoms with van der Waals surface area (Å²) in [6.07, 6.45) is 0.124. The van der Waals surface area contributed by atoms with Crippen LogP contribution in [0.5, 0.6) is 0 Å². The molecule has 36 heavy (non-hydrogen) atoms. The lowest BCUT2D eigenvalue weighted by molar-refractivity contribution is 0.0408. The predicted octanol–water partition coefficient (Wildman–Crippen LogP) is 4.87. The van der Waals surface area contributed by atoms with E-state index in [0.29, 0.717) is 6.54 Å². The number of aliphatic hydroxyl groups is 1. The summed E-state index contributed by atoms with van der Waals surface area (Å²) in [7, 11) is 0. The minimum Gasteiger partial charge on any atom is -0.388 e. The summed E-state index contributed by atoms with van der Waals surface area (Å²) in [5.41, 5.74) is -1.88. The molecule has 1 aliphatic heterocycles. The van der Waals surface area contributed by atoms with Gasteiger partial charge in [0, 0.05) is 35.4 Å². The summed E-state index contributed by atoms with van der Waals surface area (Å²) in [6.45, 7) is 12.9. The number of nitrogens with one attached hydrogen (secondary N) is 2. The van der Waals surface area contributed by atoms with Gasteiger partial charge in [0.25, 0.3) is 18.2 Å². The summed E-state index contributed by atoms with van der Waals surface area (Å²) in [4.78, 5) is 36.9. The van der Waals surface area contributed by atoms with Gasteiger partial charge in [0.05, 0.1) is 16.5 Å². The Morgan fingerprint density at radius 2 is 1.92 bits per heavy atom. The first kappa shape index (κ1) is 27.9. The molecule has 2 amide bonds. The van der Waals surface area contributed by atoms with Crippen molar-refractivity contribution in [2.75, 3.05) is 11.9 Å². The van der Waals surface area contributed by atoms with Gasteiger partial charge in [-0.25, -0.2) is 18.7 Å². The molecule has 2 atom stereocenters. The largest absolute Gasteiger partial charge is 0.388 e. The van der Waals surface area contributed by atoms with Crippen molar-refractivity contribution in [1.29, 1.82) is 0 Å². The molecule has 3 rings (SSSR count). The van der Waals surface area contributed by atoms with Gasteiger partial charge >= 0.3 is 0 Å². The molecule has 0 aromatic carbocycles. The SMILES string of the molecule is C[C@H](NC(=O)c1nc(C(=O)N2CCC[C@@H]2C)c(-c2cnc(NC(C)(C)C)cc2C(F)F)s1)C(C)(C)O. The van der Waals surface area contributed by atoms with Crippen molar-refractivity contribution in [3.05, 3.63) is 28.5 Å². The minimum absolute atomic E-state index is 0.0226. The van der Waals surface area contributed by atoms with E-state index in [1.165, 1.54) is 12.3 Å². The number of amides is 2. The van der Waals surface area contributed by atoms with Crippen LogP contribution in [0.4, 0.5) is 14.6 Å². The number of pyridine rings is 1. The number of aromatic nitrogens is 2. The molecule has 1 fully saturated rings. The Kier molecular flexibility index (Phi) is 8.04. The molecular weight excluding hydrogens is 488 g/mol. The van der Waals surface area contributed by atoms with Gasteiger partial charge in [-0.3, -0.25) is 9.59 Å². The monoisotopic (exact) mass is 523 g/mol. The number of thiazole rings is 1. The van der Waals surface area contributed by atoms with Crippen molar-refractivity contribution in [3.63, 3.8) is 0 Å². The Morgan fingerprint density at radius 3 is 2.44 bits per heavy atom. The number of hydrogen-bond acceptors (Lipinski definition) is 7. The fourth-order valence-electron chi connectivity index (χ4n) is 3.84. The second kappa shape index (κ2) is 10.4. The van der Waals surface area contributed by atoms with Crippen LogP contribution < -0.4 is 10.6 Å². The minimum atomic E-state index is -2.84. The number of rotatable bonds is 7. The summed E-state index contributed by atoms with van der Waals surface area (Å²) in [5.74, 6) is -0.719. The lowest BCUT2D eigenvalue weighted by atomic mass is 10.0. The molecule has 0 radical (unpaired) electrons. The molecule has 0 bridgehead atoms. The van der Waals surface area contributed by atoms with E-state index in [1.54, 1.807) is 25.7 Å². The van der Waals surface area contributed by atoms with Crippen molar-refractivity contribution in [3.8, 4) is 10.4 Å². The second-order valence-corrected chi connectivity index (χ2v) is 11.9. The Hall–Kier alpha value is -2.66. The number of carbonyl (C=O) groups excluding carboxylic acids is 2. The third kappa shape index (κ3) is 6.36. The zero-order chi connectivity index (χ0) is 27.0. The van der Waals surface area contributed by atoms with Crippen LogP contribution in [-0.2, 0) is 0 Å². The van der Waals surface area contributed by atoms with Gasteiger partial charge in [-0.15, -0.1) is 11.3 Å². The van der Waals surface area contributed by atoms with Crippen LogP contribution in [0.2, 0.25) is 0 Å². The molecule has 0 aliphatic carbocycles. The average Bonchev–Trinajstić information content (AvgIpc) is 3.38. The van der Waals surface area contributed by atoms with E-state index in [1.807, 2.05) is 27.7 Å². The maximum absolute atomic E-state index is 14.2. The number of likely N-dealkylation sites (tertiary alicyclic amines) is 1. The molecule has 3 heterocycles. The Labute approximate surface area is 214 Å². The maximum atomic E-state index is 14.2. The van der Waals surface area contributed by atoms with E-state index in [9.17, 15) is 23.5 Å². The fourth-order valence-corrected chi connectivity index (χ4v) is 4.84. The van der Waals surface area contributed by atoms with Gasteiger partial charge in [-0.2, -0.15) is 0 Å². The van der Waals surface area contributed by atoms with Gasteiger partial charge in [0.15, 0.2) is 5.01 Å². The predicted molar refractivity (Wildman–Crippen MR) is 137 cm³/mol. The van der Waals surface area contributed by atoms with Crippen LogP contribution in [0.15, 0.2) is 12.3 Å². The number of halogens is 2. The molecule has 198 valence electrons. The maximum Gasteiger partial charge on any atom is 0.280 e. The quantitative estimate of drug-likeness (QED) is 0.478. The van der Waals surface area contributed by atoms with Crippen molar-refractivity contribution in [1.82, 2.24) is 20.2 Å². The van der Waals surface area contributed by atoms with E-state index >= 15 is 0 Å². The van der Waals surface area contributed by atoms with Crippen molar-refractivity contribution >= 4 is 29.0 Å². The fraction of sp³-hybridized carbons (Fsp3) is 0.600. The number of hydrogen-bond donors (Lipinski definition) is 3. The molecule has 11 heteroatoms. The zero-order valence-corrected chi connectivity index (χ0v) is 22.6. The Bertz CT molecular complexity index is 1120. The molecule has 3 N–H and O–H groups in total. The first-order chi connectivity index (χ1) is 16.6. The lowest BCUT2D eigenvalue weighted by Gasteiger charge is -2.26. The van der Waals surface area contributed by atoms with Gasteiger partial charge in [-0.1, -0.05) is 0 Å². The summed E-state index contributed by atoms with van der Waals surface area (Å²) in [5, 5.41) is 15.9. The standard InChI is InChI=1S/C25H35F2N5O3S/c1-13-9-8-10-32(13)23(34)18-19(36-22(30-18)21(33)29-14(2)25(6,7)35)16-12-28-17(31-24(3,4)5)11-15(16)20(26)27/h11-14,20,35H,8-10H2,1-7H3,(H,28,31)(H,29,33)/t13-,14-/m0/s1. The molecule has 8 nitrogen and oxygen atoms in total. The number of anilines is 1. The smallest absolute Gasteiger partial charge is 0.280 e. The summed E-state index contributed by atoms with van der Waals surface area (Å²) in [6, 6.07) is 0.634. The van der Waals surface area contributed by atoms with E-state index in [0.717, 1.165) is 24.2 Å². The number of nitrogens with zero attached hydrogens (tertiary/aromatic N) is 3. The van der Waals surface area contributed by atoms with Crippen LogP contribution in [-0.4, -0.2) is 61.6 Å². The number of carbonyl (C=O) groups is 2. The van der Waals surface area contributed by atoms with E-state index in [2.05, 4.69) is 20.6 Å². The van der Waals surface area contributed by atoms with E-state index < -0.39 is 35.4 Å². The first-order valence-corrected chi connectivity index (χ1v) is 12.8. The van der Waals surface area contributed by atoms with Crippen LogP contribution in [0.25, 0.3) is 10.4 Å². The van der Waals surface area contributed by atoms with Gasteiger partial charge in [-0.05, 0) is 67.4 Å². The first-order valence-electron chi connectivity index (χ1n) is 12.0. The molecule has 0 spiro atoms. The molecule has 1 aliphatic rings. The van der Waals surface area contributed by atoms with E-state index in [4.69, 9.17) is 0 Å². The van der Waals surface area contributed by atoms with Gasteiger partial charge in [0.1, 0.15) is 11.5 Å². The molecule has 1 saturated heterocycles. The van der Waals surface area contributed by atoms with Crippen LogP contribution >= 0.6 is 11.3 Å². The third-order valence-corrected chi connectivity index (χ3v) is 7.25. The molecular formula is C25H35F2N5O3S. The molecule has 0 unspecified atom stereocenters. The van der Waals surface area contributed by atoms with Crippen molar-refractivity contribution < 1.29 is 23.5 Å². The Balaban J connectivity index is 2.11.